The second-order valence-corrected chi connectivity index (χ2v) is 7.38. The van der Waals surface area contributed by atoms with Gasteiger partial charge in [0.05, 0.1) is 0 Å². The van der Waals surface area contributed by atoms with Crippen LogP contribution in [-0.2, 0) is 0 Å². The minimum absolute atomic E-state index is 0.156. The monoisotopic (exact) mass is 380 g/mol. The predicted octanol–water partition coefficient (Wildman–Crippen LogP) is 2.58. The van der Waals surface area contributed by atoms with E-state index in [1.807, 2.05) is 30.3 Å². The Hall–Kier alpha value is -3.07. The first-order valence-electron chi connectivity index (χ1n) is 8.77. The maximum Gasteiger partial charge on any atom is 0.275 e. The first kappa shape index (κ1) is 16.1. The number of aromatic nitrogens is 5. The highest BCUT2D eigenvalue weighted by atomic mass is 32.1. The molecule has 0 bridgehead atoms. The zero-order valence-corrected chi connectivity index (χ0v) is 15.2. The summed E-state index contributed by atoms with van der Waals surface area (Å²) >= 11 is 1.43. The number of hydrogen-bond acceptors (Lipinski definition) is 8. The topological polar surface area (TPSA) is 89.4 Å². The molecule has 1 saturated heterocycles. The summed E-state index contributed by atoms with van der Waals surface area (Å²) in [6.07, 6.45) is 3.31. The van der Waals surface area contributed by atoms with Crippen LogP contribution in [0.15, 0.2) is 51.9 Å². The van der Waals surface area contributed by atoms with Gasteiger partial charge in [0.2, 0.25) is 21.8 Å². The van der Waals surface area contributed by atoms with Gasteiger partial charge in [-0.25, -0.2) is 4.98 Å². The molecule has 27 heavy (non-hydrogen) atoms. The smallest absolute Gasteiger partial charge is 0.275 e. The van der Waals surface area contributed by atoms with Crippen LogP contribution < -0.4 is 10.5 Å². The molecule has 8 nitrogen and oxygen atoms in total. The Kier molecular flexibility index (Phi) is 3.93. The van der Waals surface area contributed by atoms with Crippen LogP contribution in [-0.4, -0.2) is 37.8 Å². The Balaban J connectivity index is 1.31. The first-order chi connectivity index (χ1) is 13.3. The lowest BCUT2D eigenvalue weighted by Gasteiger charge is -2.29. The summed E-state index contributed by atoms with van der Waals surface area (Å²) in [6, 6.07) is 11.2. The summed E-state index contributed by atoms with van der Waals surface area (Å²) in [5.41, 5.74) is 0.800. The van der Waals surface area contributed by atoms with E-state index in [4.69, 9.17) is 4.52 Å². The molecule has 3 aromatic heterocycles. The SMILES string of the molecule is O=c1ccnc2sc(N3CCC(c4nc(-c5ccccc5)no4)CC3)nn12. The van der Waals surface area contributed by atoms with Crippen LogP contribution in [0.1, 0.15) is 24.7 Å². The van der Waals surface area contributed by atoms with Crippen molar-refractivity contribution in [2.24, 2.45) is 0 Å². The van der Waals surface area contributed by atoms with Crippen molar-refractivity contribution < 1.29 is 4.52 Å². The van der Waals surface area contributed by atoms with E-state index < -0.39 is 0 Å². The van der Waals surface area contributed by atoms with Gasteiger partial charge in [0, 0.05) is 36.8 Å². The van der Waals surface area contributed by atoms with Gasteiger partial charge < -0.3 is 9.42 Å². The molecule has 1 aliphatic heterocycles. The van der Waals surface area contributed by atoms with Gasteiger partial charge in [-0.2, -0.15) is 9.50 Å². The molecular formula is C18H16N6O2S. The Bertz CT molecular complexity index is 1130. The molecule has 1 aliphatic rings. The lowest BCUT2D eigenvalue weighted by Crippen LogP contribution is -2.33. The van der Waals surface area contributed by atoms with Crippen molar-refractivity contribution in [1.29, 1.82) is 0 Å². The number of benzene rings is 1. The van der Waals surface area contributed by atoms with Crippen molar-refractivity contribution in [3.63, 3.8) is 0 Å². The van der Waals surface area contributed by atoms with Gasteiger partial charge >= 0.3 is 0 Å². The number of rotatable bonds is 3. The highest BCUT2D eigenvalue weighted by Gasteiger charge is 2.27. The maximum absolute atomic E-state index is 11.9. The van der Waals surface area contributed by atoms with E-state index in [9.17, 15) is 4.79 Å². The fourth-order valence-electron chi connectivity index (χ4n) is 3.28. The van der Waals surface area contributed by atoms with Gasteiger partial charge in [-0.1, -0.05) is 46.8 Å². The highest BCUT2D eigenvalue weighted by Crippen LogP contribution is 2.32. The molecule has 0 radical (unpaired) electrons. The Morgan fingerprint density at radius 3 is 2.70 bits per heavy atom. The van der Waals surface area contributed by atoms with Gasteiger partial charge in [-0.3, -0.25) is 4.79 Å². The zero-order valence-electron chi connectivity index (χ0n) is 14.4. The second-order valence-electron chi connectivity index (χ2n) is 6.45. The van der Waals surface area contributed by atoms with Crippen LogP contribution in [0.3, 0.4) is 0 Å². The average Bonchev–Trinajstić information content (AvgIpc) is 3.37. The molecule has 0 aliphatic carbocycles. The lowest BCUT2D eigenvalue weighted by molar-refractivity contribution is 0.329. The molecule has 4 heterocycles. The van der Waals surface area contributed by atoms with E-state index in [2.05, 4.69) is 25.1 Å². The van der Waals surface area contributed by atoms with E-state index >= 15 is 0 Å². The van der Waals surface area contributed by atoms with Crippen molar-refractivity contribution in [2.45, 2.75) is 18.8 Å². The normalized spacial score (nSPS) is 15.5. The Morgan fingerprint density at radius 1 is 1.11 bits per heavy atom. The Morgan fingerprint density at radius 2 is 1.93 bits per heavy atom. The van der Waals surface area contributed by atoms with E-state index in [1.165, 1.54) is 28.1 Å². The average molecular weight is 380 g/mol. The fourth-order valence-corrected chi connectivity index (χ4v) is 4.21. The highest BCUT2D eigenvalue weighted by molar-refractivity contribution is 7.20. The third-order valence-electron chi connectivity index (χ3n) is 4.75. The zero-order chi connectivity index (χ0) is 18.2. The summed E-state index contributed by atoms with van der Waals surface area (Å²) in [5.74, 6) is 1.56. The predicted molar refractivity (Wildman–Crippen MR) is 101 cm³/mol. The summed E-state index contributed by atoms with van der Waals surface area (Å²) in [7, 11) is 0. The molecule has 0 saturated carbocycles. The minimum Gasteiger partial charge on any atom is -0.347 e. The van der Waals surface area contributed by atoms with Crippen molar-refractivity contribution >= 4 is 21.4 Å². The molecule has 0 amide bonds. The first-order valence-corrected chi connectivity index (χ1v) is 9.58. The van der Waals surface area contributed by atoms with Gasteiger partial charge in [-0.15, -0.1) is 5.10 Å². The molecule has 4 aromatic rings. The van der Waals surface area contributed by atoms with E-state index in [0.29, 0.717) is 16.7 Å². The van der Waals surface area contributed by atoms with E-state index in [1.54, 1.807) is 0 Å². The van der Waals surface area contributed by atoms with Crippen LogP contribution in [0.2, 0.25) is 0 Å². The number of nitrogens with zero attached hydrogens (tertiary/aromatic N) is 6. The quantitative estimate of drug-likeness (QED) is 0.540. The summed E-state index contributed by atoms with van der Waals surface area (Å²) < 4.78 is 6.87. The maximum atomic E-state index is 11.9. The number of fused-ring (bicyclic) bond motifs is 1. The largest absolute Gasteiger partial charge is 0.347 e. The molecule has 9 heteroatoms. The van der Waals surface area contributed by atoms with Crippen LogP contribution in [0.5, 0.6) is 0 Å². The van der Waals surface area contributed by atoms with Gasteiger partial charge in [0.15, 0.2) is 0 Å². The standard InChI is InChI=1S/C18H16N6O2S/c25-14-6-9-19-17-24(14)21-18(27-17)23-10-7-13(8-11-23)16-20-15(22-26-16)12-4-2-1-3-5-12/h1-6,9,13H,7-8,10-11H2. The molecule has 5 rings (SSSR count). The van der Waals surface area contributed by atoms with Crippen molar-refractivity contribution in [3.8, 4) is 11.4 Å². The van der Waals surface area contributed by atoms with Crippen LogP contribution in [0, 0.1) is 0 Å². The third-order valence-corrected chi connectivity index (χ3v) is 5.73. The second kappa shape index (κ2) is 6.58. The van der Waals surface area contributed by atoms with E-state index in [0.717, 1.165) is 36.6 Å². The van der Waals surface area contributed by atoms with Crippen LogP contribution in [0.25, 0.3) is 16.3 Å². The minimum atomic E-state index is -0.156. The van der Waals surface area contributed by atoms with Crippen molar-refractivity contribution in [1.82, 2.24) is 24.7 Å². The van der Waals surface area contributed by atoms with Crippen molar-refractivity contribution in [2.75, 3.05) is 18.0 Å². The molecule has 1 fully saturated rings. The fraction of sp³-hybridized carbons (Fsp3) is 0.278. The molecular weight excluding hydrogens is 364 g/mol. The summed E-state index contributed by atoms with van der Waals surface area (Å²) in [6.45, 7) is 1.64. The van der Waals surface area contributed by atoms with Crippen molar-refractivity contribution in [3.05, 3.63) is 58.8 Å². The lowest BCUT2D eigenvalue weighted by atomic mass is 9.97. The molecule has 0 spiro atoms. The third kappa shape index (κ3) is 2.99. The van der Waals surface area contributed by atoms with Crippen LogP contribution in [0.4, 0.5) is 5.13 Å². The molecule has 0 unspecified atom stereocenters. The summed E-state index contributed by atoms with van der Waals surface area (Å²) in [4.78, 5) is 23.4. The van der Waals surface area contributed by atoms with Gasteiger partial charge in [-0.05, 0) is 12.8 Å². The van der Waals surface area contributed by atoms with Crippen LogP contribution >= 0.6 is 11.3 Å². The van der Waals surface area contributed by atoms with Gasteiger partial charge in [0.25, 0.3) is 5.56 Å². The number of piperidine rings is 1. The molecule has 1 aromatic carbocycles. The molecule has 136 valence electrons. The Labute approximate surface area is 158 Å². The molecule has 0 N–H and O–H groups in total. The van der Waals surface area contributed by atoms with E-state index in [-0.39, 0.29) is 11.5 Å². The number of anilines is 1. The number of hydrogen-bond donors (Lipinski definition) is 0. The van der Waals surface area contributed by atoms with Gasteiger partial charge in [0.1, 0.15) is 0 Å². The molecule has 0 atom stereocenters. The summed E-state index contributed by atoms with van der Waals surface area (Å²) in [5, 5.41) is 9.35.